The normalized spacial score (nSPS) is 20.9. The molecule has 3 heterocycles. The molecule has 2 aliphatic heterocycles. The maximum atomic E-state index is 13.5. The fourth-order valence-corrected chi connectivity index (χ4v) is 4.40. The van der Waals surface area contributed by atoms with Crippen LogP contribution in [0.3, 0.4) is 0 Å². The molecule has 1 saturated heterocycles. The summed E-state index contributed by atoms with van der Waals surface area (Å²) in [6.45, 7) is 1.88. The lowest BCUT2D eigenvalue weighted by Gasteiger charge is -2.28. The van der Waals surface area contributed by atoms with Crippen molar-refractivity contribution in [2.75, 3.05) is 19.6 Å². The molecule has 30 heavy (non-hydrogen) atoms. The average Bonchev–Trinajstić information content (AvgIpc) is 3.48. The van der Waals surface area contributed by atoms with Crippen molar-refractivity contribution >= 4 is 11.8 Å². The largest absolute Gasteiger partial charge is 0.338 e. The lowest BCUT2D eigenvalue weighted by atomic mass is 10.0. The number of carbonyl (C=O) groups is 2. The van der Waals surface area contributed by atoms with Crippen LogP contribution in [0.1, 0.15) is 52.6 Å². The van der Waals surface area contributed by atoms with Crippen LogP contribution in [0.15, 0.2) is 29.1 Å². The van der Waals surface area contributed by atoms with Crippen LogP contribution in [0, 0.1) is 11.7 Å². The zero-order chi connectivity index (χ0) is 20.8. The second-order valence-electron chi connectivity index (χ2n) is 8.41. The van der Waals surface area contributed by atoms with Gasteiger partial charge in [-0.3, -0.25) is 14.4 Å². The molecule has 1 saturated carbocycles. The zero-order valence-electron chi connectivity index (χ0n) is 16.6. The van der Waals surface area contributed by atoms with Gasteiger partial charge in [-0.05, 0) is 43.9 Å². The summed E-state index contributed by atoms with van der Waals surface area (Å²) in [5.74, 6) is 0.118. The first-order valence-electron chi connectivity index (χ1n) is 10.4. The van der Waals surface area contributed by atoms with Crippen LogP contribution in [0.2, 0.25) is 0 Å². The first kappa shape index (κ1) is 19.0. The third-order valence-electron chi connectivity index (χ3n) is 6.26. The molecule has 1 aliphatic carbocycles. The summed E-state index contributed by atoms with van der Waals surface area (Å²) in [4.78, 5) is 48.8. The fourth-order valence-electron chi connectivity index (χ4n) is 4.40. The molecular weight excluding hydrogens is 387 g/mol. The van der Waals surface area contributed by atoms with E-state index in [1.807, 2.05) is 4.90 Å². The number of nitrogens with one attached hydrogen (secondary N) is 1. The summed E-state index contributed by atoms with van der Waals surface area (Å²) >= 11 is 0. The molecule has 156 valence electrons. The van der Waals surface area contributed by atoms with E-state index in [4.69, 9.17) is 4.98 Å². The second kappa shape index (κ2) is 7.34. The highest BCUT2D eigenvalue weighted by atomic mass is 19.1. The van der Waals surface area contributed by atoms with Gasteiger partial charge in [0.2, 0.25) is 5.91 Å². The molecule has 3 aliphatic rings. The highest BCUT2D eigenvalue weighted by Gasteiger charge is 2.36. The maximum Gasteiger partial charge on any atom is 0.254 e. The predicted molar refractivity (Wildman–Crippen MR) is 106 cm³/mol. The van der Waals surface area contributed by atoms with Crippen LogP contribution in [0.25, 0.3) is 0 Å². The van der Waals surface area contributed by atoms with E-state index >= 15 is 0 Å². The number of likely N-dealkylation sites (tertiary alicyclic amines) is 1. The van der Waals surface area contributed by atoms with Crippen molar-refractivity contribution in [2.45, 2.75) is 38.1 Å². The standard InChI is InChI=1S/C22H23FN4O3/c23-16-3-1-2-14(10-16)22(30)26-8-6-15(11-26)19-24-18-12-27(21(29)13-4-5-13)9-7-17(18)20(28)25-19/h1-3,10,13,15H,4-9,11-12H2,(H,24,25,28)/t15-/m1/s1. The van der Waals surface area contributed by atoms with Crippen molar-refractivity contribution in [2.24, 2.45) is 5.92 Å². The van der Waals surface area contributed by atoms with Crippen LogP contribution in [0.4, 0.5) is 4.39 Å². The number of amides is 2. The van der Waals surface area contributed by atoms with E-state index < -0.39 is 5.82 Å². The zero-order valence-corrected chi connectivity index (χ0v) is 16.6. The Balaban J connectivity index is 1.33. The van der Waals surface area contributed by atoms with E-state index in [9.17, 15) is 18.8 Å². The SMILES string of the molecule is O=C(c1cccc(F)c1)N1CC[C@@H](c2nc3c(c(=O)[nH]2)CCN(C(=O)C2CC2)C3)C1. The van der Waals surface area contributed by atoms with Gasteiger partial charge in [0.25, 0.3) is 11.5 Å². The van der Waals surface area contributed by atoms with Crippen LogP contribution >= 0.6 is 0 Å². The minimum absolute atomic E-state index is 0.0879. The minimum atomic E-state index is -0.442. The lowest BCUT2D eigenvalue weighted by Crippen LogP contribution is -2.40. The van der Waals surface area contributed by atoms with E-state index in [-0.39, 0.29) is 29.2 Å². The maximum absolute atomic E-state index is 13.5. The number of rotatable bonds is 3. The summed E-state index contributed by atoms with van der Waals surface area (Å²) in [6, 6.07) is 5.67. The number of hydrogen-bond acceptors (Lipinski definition) is 4. The second-order valence-corrected chi connectivity index (χ2v) is 8.41. The molecule has 2 aromatic rings. The van der Waals surface area contributed by atoms with Gasteiger partial charge in [0.05, 0.1) is 12.2 Å². The van der Waals surface area contributed by atoms with Gasteiger partial charge in [-0.15, -0.1) is 0 Å². The van der Waals surface area contributed by atoms with Crippen molar-refractivity contribution in [1.29, 1.82) is 0 Å². The Kier molecular flexibility index (Phi) is 4.64. The molecule has 1 N–H and O–H groups in total. The van der Waals surface area contributed by atoms with Crippen molar-refractivity contribution in [3.8, 4) is 0 Å². The van der Waals surface area contributed by atoms with E-state index in [1.54, 1.807) is 11.0 Å². The molecule has 1 aromatic heterocycles. The van der Waals surface area contributed by atoms with E-state index in [1.165, 1.54) is 18.2 Å². The Morgan fingerprint density at radius 1 is 1.13 bits per heavy atom. The van der Waals surface area contributed by atoms with Gasteiger partial charge in [0, 0.05) is 42.6 Å². The minimum Gasteiger partial charge on any atom is -0.338 e. The predicted octanol–water partition coefficient (Wildman–Crippen LogP) is 1.83. The van der Waals surface area contributed by atoms with Crippen molar-refractivity contribution in [3.05, 3.63) is 63.1 Å². The Morgan fingerprint density at radius 2 is 1.97 bits per heavy atom. The van der Waals surface area contributed by atoms with Gasteiger partial charge in [-0.2, -0.15) is 0 Å². The molecule has 1 aromatic carbocycles. The quantitative estimate of drug-likeness (QED) is 0.837. The number of benzene rings is 1. The number of aromatic nitrogens is 2. The third-order valence-corrected chi connectivity index (χ3v) is 6.26. The van der Waals surface area contributed by atoms with E-state index in [2.05, 4.69) is 4.98 Å². The summed E-state index contributed by atoms with van der Waals surface area (Å²) in [7, 11) is 0. The molecular formula is C22H23FN4O3. The van der Waals surface area contributed by atoms with Gasteiger partial charge in [-0.1, -0.05) is 6.07 Å². The molecule has 0 unspecified atom stereocenters. The Bertz CT molecular complexity index is 1080. The summed E-state index contributed by atoms with van der Waals surface area (Å²) in [5.41, 5.74) is 1.49. The van der Waals surface area contributed by atoms with Crippen LogP contribution in [0.5, 0.6) is 0 Å². The van der Waals surface area contributed by atoms with Crippen LogP contribution < -0.4 is 5.56 Å². The molecule has 5 rings (SSSR count). The number of fused-ring (bicyclic) bond motifs is 1. The number of H-pyrrole nitrogens is 1. The third kappa shape index (κ3) is 3.51. The van der Waals surface area contributed by atoms with Crippen molar-refractivity contribution in [1.82, 2.24) is 19.8 Å². The number of aromatic amines is 1. The molecule has 0 bridgehead atoms. The van der Waals surface area contributed by atoms with Gasteiger partial charge >= 0.3 is 0 Å². The molecule has 2 amide bonds. The van der Waals surface area contributed by atoms with Gasteiger partial charge in [0.1, 0.15) is 11.6 Å². The first-order chi connectivity index (χ1) is 14.5. The monoisotopic (exact) mass is 410 g/mol. The van der Waals surface area contributed by atoms with Gasteiger partial charge < -0.3 is 14.8 Å². The highest BCUT2D eigenvalue weighted by molar-refractivity contribution is 5.94. The van der Waals surface area contributed by atoms with Crippen LogP contribution in [-0.2, 0) is 17.8 Å². The highest BCUT2D eigenvalue weighted by Crippen LogP contribution is 2.32. The molecule has 0 radical (unpaired) electrons. The molecule has 7 nitrogen and oxygen atoms in total. The van der Waals surface area contributed by atoms with Crippen molar-refractivity contribution < 1.29 is 14.0 Å². The molecule has 0 spiro atoms. The fraction of sp³-hybridized carbons (Fsp3) is 0.455. The summed E-state index contributed by atoms with van der Waals surface area (Å²) in [5, 5.41) is 0. The number of halogens is 1. The molecule has 1 atom stereocenters. The average molecular weight is 410 g/mol. The van der Waals surface area contributed by atoms with E-state index in [0.29, 0.717) is 61.7 Å². The molecule has 8 heteroatoms. The Hall–Kier alpha value is -3.03. The Labute approximate surface area is 172 Å². The summed E-state index contributed by atoms with van der Waals surface area (Å²) < 4.78 is 13.5. The van der Waals surface area contributed by atoms with Gasteiger partial charge in [-0.25, -0.2) is 9.37 Å². The first-order valence-corrected chi connectivity index (χ1v) is 10.4. The van der Waals surface area contributed by atoms with Gasteiger partial charge in [0.15, 0.2) is 0 Å². The number of carbonyl (C=O) groups excluding carboxylic acids is 2. The topological polar surface area (TPSA) is 86.4 Å². The van der Waals surface area contributed by atoms with Crippen molar-refractivity contribution in [3.63, 3.8) is 0 Å². The number of hydrogen-bond donors (Lipinski definition) is 1. The summed E-state index contributed by atoms with van der Waals surface area (Å²) in [6.07, 6.45) is 3.10. The Morgan fingerprint density at radius 3 is 2.73 bits per heavy atom. The van der Waals surface area contributed by atoms with E-state index in [0.717, 1.165) is 12.8 Å². The number of nitrogens with zero attached hydrogens (tertiary/aromatic N) is 3. The lowest BCUT2D eigenvalue weighted by molar-refractivity contribution is -0.133. The molecule has 2 fully saturated rings. The smallest absolute Gasteiger partial charge is 0.254 e. The van der Waals surface area contributed by atoms with Crippen LogP contribution in [-0.4, -0.2) is 51.2 Å².